The van der Waals surface area contributed by atoms with Crippen LogP contribution in [0.3, 0.4) is 0 Å². The van der Waals surface area contributed by atoms with E-state index >= 15 is 0 Å². The minimum Gasteiger partial charge on any atom is -0.336 e. The van der Waals surface area contributed by atoms with Crippen molar-refractivity contribution >= 4 is 17.2 Å². The molecule has 1 amide bonds. The van der Waals surface area contributed by atoms with Crippen LogP contribution < -0.4 is 5.32 Å². The number of carbonyl (C=O) groups is 1. The minimum atomic E-state index is 0.211. The van der Waals surface area contributed by atoms with Gasteiger partial charge in [0.25, 0.3) is 5.91 Å². The smallest absolute Gasteiger partial charge is 0.263 e. The summed E-state index contributed by atoms with van der Waals surface area (Å²) in [7, 11) is 1.98. The largest absolute Gasteiger partial charge is 0.336 e. The number of hydrogen-bond acceptors (Lipinski definition) is 3. The Balaban J connectivity index is 2.10. The maximum absolute atomic E-state index is 12.5. The molecule has 2 heterocycles. The molecule has 4 heteroatoms. The highest BCUT2D eigenvalue weighted by Gasteiger charge is 2.24. The Labute approximate surface area is 113 Å². The van der Waals surface area contributed by atoms with Crippen LogP contribution in [0.4, 0.5) is 0 Å². The zero-order valence-electron chi connectivity index (χ0n) is 11.5. The third kappa shape index (κ3) is 2.75. The van der Waals surface area contributed by atoms with Crippen LogP contribution in [-0.2, 0) is 6.42 Å². The predicted molar refractivity (Wildman–Crippen MR) is 76.4 cm³/mol. The zero-order chi connectivity index (χ0) is 13.1. The first-order valence-electron chi connectivity index (χ1n) is 6.71. The Bertz CT molecular complexity index is 427. The fraction of sp³-hybridized carbons (Fsp3) is 0.643. The number of piperidine rings is 1. The highest BCUT2D eigenvalue weighted by atomic mass is 32.1. The first-order valence-corrected chi connectivity index (χ1v) is 7.53. The van der Waals surface area contributed by atoms with Crippen LogP contribution in [0.1, 0.15) is 39.9 Å². The third-order valence-electron chi connectivity index (χ3n) is 3.67. The summed E-state index contributed by atoms with van der Waals surface area (Å²) >= 11 is 1.66. The summed E-state index contributed by atoms with van der Waals surface area (Å²) in [6.45, 7) is 5.98. The van der Waals surface area contributed by atoms with Crippen molar-refractivity contribution in [1.29, 1.82) is 0 Å². The van der Waals surface area contributed by atoms with E-state index in [1.165, 1.54) is 16.9 Å². The van der Waals surface area contributed by atoms with Crippen molar-refractivity contribution in [2.45, 2.75) is 39.2 Å². The number of likely N-dealkylation sites (N-methyl/N-ethyl adjacent to an activating group) is 1. The molecule has 100 valence electrons. The summed E-state index contributed by atoms with van der Waals surface area (Å²) in [5.74, 6) is 0.211. The number of nitrogens with one attached hydrogen (secondary N) is 1. The molecule has 2 rings (SSSR count). The summed E-state index contributed by atoms with van der Waals surface area (Å²) in [6, 6.07) is 2.50. The Morgan fingerprint density at radius 3 is 3.00 bits per heavy atom. The molecule has 1 N–H and O–H groups in total. The summed E-state index contributed by atoms with van der Waals surface area (Å²) in [5, 5.41) is 3.28. The topological polar surface area (TPSA) is 32.3 Å². The van der Waals surface area contributed by atoms with Gasteiger partial charge in [0.05, 0.1) is 4.88 Å². The van der Waals surface area contributed by atoms with Gasteiger partial charge in [0.1, 0.15) is 0 Å². The number of aryl methyl sites for hydroxylation is 2. The van der Waals surface area contributed by atoms with E-state index in [-0.39, 0.29) is 5.91 Å². The van der Waals surface area contributed by atoms with Gasteiger partial charge in [0, 0.05) is 24.0 Å². The van der Waals surface area contributed by atoms with Crippen LogP contribution in [0, 0.1) is 6.92 Å². The van der Waals surface area contributed by atoms with Crippen molar-refractivity contribution in [3.8, 4) is 0 Å². The Morgan fingerprint density at radius 2 is 2.39 bits per heavy atom. The lowest BCUT2D eigenvalue weighted by molar-refractivity contribution is 0.0703. The number of carbonyl (C=O) groups excluding carboxylic acids is 1. The van der Waals surface area contributed by atoms with Crippen molar-refractivity contribution in [2.24, 2.45) is 0 Å². The summed E-state index contributed by atoms with van der Waals surface area (Å²) in [5.41, 5.74) is 1.26. The zero-order valence-corrected chi connectivity index (χ0v) is 12.3. The summed E-state index contributed by atoms with van der Waals surface area (Å²) in [6.07, 6.45) is 3.29. The quantitative estimate of drug-likeness (QED) is 0.911. The van der Waals surface area contributed by atoms with Gasteiger partial charge in [-0.2, -0.15) is 0 Å². The molecule has 1 fully saturated rings. The lowest BCUT2D eigenvalue weighted by Crippen LogP contribution is -2.46. The lowest BCUT2D eigenvalue weighted by atomic mass is 10.1. The second-order valence-corrected chi connectivity index (χ2v) is 6.09. The van der Waals surface area contributed by atoms with Gasteiger partial charge in [-0.1, -0.05) is 6.92 Å². The SMILES string of the molecule is CCc1sc(C(=O)N2CCC[C@H](NC)C2)cc1C. The van der Waals surface area contributed by atoms with E-state index in [1.54, 1.807) is 11.3 Å². The van der Waals surface area contributed by atoms with Crippen molar-refractivity contribution in [3.63, 3.8) is 0 Å². The van der Waals surface area contributed by atoms with E-state index in [9.17, 15) is 4.79 Å². The number of nitrogens with zero attached hydrogens (tertiary/aromatic N) is 1. The molecule has 18 heavy (non-hydrogen) atoms. The molecule has 3 nitrogen and oxygen atoms in total. The molecule has 1 aromatic heterocycles. The molecule has 1 atom stereocenters. The van der Waals surface area contributed by atoms with Gasteiger partial charge in [0.15, 0.2) is 0 Å². The number of rotatable bonds is 3. The molecule has 0 saturated carbocycles. The van der Waals surface area contributed by atoms with Crippen molar-refractivity contribution in [2.75, 3.05) is 20.1 Å². The Hall–Kier alpha value is -0.870. The Kier molecular flexibility index (Phi) is 4.40. The van der Waals surface area contributed by atoms with Gasteiger partial charge in [-0.15, -0.1) is 11.3 Å². The lowest BCUT2D eigenvalue weighted by Gasteiger charge is -2.32. The molecular formula is C14H22N2OS. The van der Waals surface area contributed by atoms with Crippen LogP contribution in [0.2, 0.25) is 0 Å². The van der Waals surface area contributed by atoms with Gasteiger partial charge in [-0.05, 0) is 44.9 Å². The van der Waals surface area contributed by atoms with Crippen LogP contribution in [-0.4, -0.2) is 37.0 Å². The second-order valence-electron chi connectivity index (χ2n) is 4.95. The maximum atomic E-state index is 12.5. The standard InChI is InChI=1S/C14H22N2OS/c1-4-12-10(2)8-13(18-12)14(17)16-7-5-6-11(9-16)15-3/h8,11,15H,4-7,9H2,1-3H3/t11-/m0/s1. The predicted octanol–water partition coefficient (Wildman–Crippen LogP) is 2.44. The maximum Gasteiger partial charge on any atom is 0.263 e. The molecule has 0 unspecified atom stereocenters. The van der Waals surface area contributed by atoms with Gasteiger partial charge in [-0.3, -0.25) is 4.79 Å². The first-order chi connectivity index (χ1) is 8.65. The van der Waals surface area contributed by atoms with Gasteiger partial charge in [0.2, 0.25) is 0 Å². The molecule has 1 aliphatic rings. The van der Waals surface area contributed by atoms with Gasteiger partial charge >= 0.3 is 0 Å². The van der Waals surface area contributed by atoms with E-state index in [0.717, 1.165) is 30.8 Å². The van der Waals surface area contributed by atoms with Crippen molar-refractivity contribution in [1.82, 2.24) is 10.2 Å². The van der Waals surface area contributed by atoms with E-state index in [4.69, 9.17) is 0 Å². The molecule has 0 aromatic carbocycles. The Morgan fingerprint density at radius 1 is 1.61 bits per heavy atom. The second kappa shape index (κ2) is 5.85. The number of thiophene rings is 1. The fourth-order valence-corrected chi connectivity index (χ4v) is 3.61. The third-order valence-corrected chi connectivity index (χ3v) is 5.04. The van der Waals surface area contributed by atoms with Gasteiger partial charge < -0.3 is 10.2 Å². The molecular weight excluding hydrogens is 244 g/mol. The number of amides is 1. The monoisotopic (exact) mass is 266 g/mol. The summed E-state index contributed by atoms with van der Waals surface area (Å²) < 4.78 is 0. The van der Waals surface area contributed by atoms with E-state index in [0.29, 0.717) is 6.04 Å². The molecule has 0 spiro atoms. The van der Waals surface area contributed by atoms with E-state index < -0.39 is 0 Å². The normalized spacial score (nSPS) is 20.2. The average molecular weight is 266 g/mol. The van der Waals surface area contributed by atoms with Crippen molar-refractivity contribution < 1.29 is 4.79 Å². The number of hydrogen-bond donors (Lipinski definition) is 1. The van der Waals surface area contributed by atoms with Crippen LogP contribution >= 0.6 is 11.3 Å². The van der Waals surface area contributed by atoms with Crippen molar-refractivity contribution in [3.05, 3.63) is 21.4 Å². The van der Waals surface area contributed by atoms with E-state index in [1.807, 2.05) is 11.9 Å². The summed E-state index contributed by atoms with van der Waals surface area (Å²) in [4.78, 5) is 16.7. The van der Waals surface area contributed by atoms with E-state index in [2.05, 4.69) is 25.2 Å². The first kappa shape index (κ1) is 13.6. The fourth-order valence-electron chi connectivity index (χ4n) is 2.53. The molecule has 1 saturated heterocycles. The molecule has 0 bridgehead atoms. The highest BCUT2D eigenvalue weighted by molar-refractivity contribution is 7.14. The van der Waals surface area contributed by atoms with Crippen LogP contribution in [0.5, 0.6) is 0 Å². The minimum absolute atomic E-state index is 0.211. The molecule has 0 radical (unpaired) electrons. The van der Waals surface area contributed by atoms with Crippen LogP contribution in [0.25, 0.3) is 0 Å². The molecule has 1 aliphatic heterocycles. The molecule has 1 aromatic rings. The number of likely N-dealkylation sites (tertiary alicyclic amines) is 1. The highest BCUT2D eigenvalue weighted by Crippen LogP contribution is 2.24. The van der Waals surface area contributed by atoms with Gasteiger partial charge in [-0.25, -0.2) is 0 Å². The average Bonchev–Trinajstić information content (AvgIpc) is 2.79. The van der Waals surface area contributed by atoms with Crippen LogP contribution in [0.15, 0.2) is 6.07 Å². The molecule has 0 aliphatic carbocycles.